The highest BCUT2D eigenvalue weighted by Crippen LogP contribution is 2.27. The van der Waals surface area contributed by atoms with Crippen molar-refractivity contribution in [2.75, 3.05) is 39.3 Å². The van der Waals surface area contributed by atoms with E-state index in [2.05, 4.69) is 58.0 Å². The summed E-state index contributed by atoms with van der Waals surface area (Å²) in [5.74, 6) is -6.70. The van der Waals surface area contributed by atoms with Gasteiger partial charge < -0.3 is 93.0 Å². The summed E-state index contributed by atoms with van der Waals surface area (Å²) in [6, 6.07) is -6.70. The molecule has 3 fully saturated rings. The normalized spacial score (nSPS) is 27.1. The summed E-state index contributed by atoms with van der Waals surface area (Å²) in [7, 11) is 0. The molecule has 0 bridgehead atoms. The monoisotopic (exact) mass is 1190 g/mol. The van der Waals surface area contributed by atoms with Crippen LogP contribution in [0.3, 0.4) is 0 Å². The fraction of sp³-hybridized carbons (Fsp3) is 0.754. The van der Waals surface area contributed by atoms with E-state index in [-0.39, 0.29) is 63.4 Å². The first kappa shape index (κ1) is 70.7. The molecule has 17 N–H and O–H groups in total. The average Bonchev–Trinajstić information content (AvgIpc) is 4.18. The molecule has 0 radical (unpaired) electrons. The maximum absolute atomic E-state index is 14.7. The molecule has 8 amide bonds. The number of hydrogen-bond acceptors (Lipinski definition) is 19. The second kappa shape index (κ2) is 35.6. The summed E-state index contributed by atoms with van der Waals surface area (Å²) in [6.45, 7) is 8.39. The van der Waals surface area contributed by atoms with Gasteiger partial charge >= 0.3 is 6.09 Å². The number of unbranched alkanes of at least 4 members (excludes halogenated alkanes) is 6. The quantitative estimate of drug-likeness (QED) is 0.0435. The molecular formula is C57H96N10O17. The number of aromatic hydroxyl groups is 1. The summed E-state index contributed by atoms with van der Waals surface area (Å²) in [5, 5.41) is 108. The van der Waals surface area contributed by atoms with Gasteiger partial charge in [-0.05, 0) is 75.1 Å². The summed E-state index contributed by atoms with van der Waals surface area (Å²) < 4.78 is 5.15. The van der Waals surface area contributed by atoms with Crippen LogP contribution in [-0.2, 0) is 38.3 Å². The first-order chi connectivity index (χ1) is 39.9. The van der Waals surface area contributed by atoms with Crippen LogP contribution in [0.1, 0.15) is 149 Å². The third-order valence-corrected chi connectivity index (χ3v) is 15.9. The van der Waals surface area contributed by atoms with Gasteiger partial charge in [0.2, 0.25) is 41.4 Å². The zero-order chi connectivity index (χ0) is 62.2. The molecule has 0 spiro atoms. The Morgan fingerprint density at radius 1 is 0.726 bits per heavy atom. The Morgan fingerprint density at radius 2 is 1.37 bits per heavy atom. The standard InChI is InChI=1S/C57H96N10O17/c1-6-8-27-84-57(83)60-25-24-59-50-42(73)30-38(61-43(74)16-14-12-10-9-11-13-15-33(4)28-32(3)7-2)51(77)62-44(34(5)68)55(81)67-31-37(70)29-39(67)52(78)64-46(49(76)48(75)35-17-19-36(69)20-18-35)53(79)63-45(40(71)21-23-58)56(82)66-26-22-41(72)47(66)54(80)65-50/h17-20,32-34,37-42,44-50,59,68-73,75-76H,6-16,21-31,58H2,1-5H3,(H,60,83)(H,61,74)(H,62,77)(H,63,79)(H,64,78)(H,65,80)/t32-,33+,34+,37+,38-,39-,40+,41-,42+,44-,45-,46-,47-,48-,49-,50-/m0/s1. The largest absolute Gasteiger partial charge is 0.508 e. The lowest BCUT2D eigenvalue weighted by atomic mass is 9.91. The number of aliphatic hydroxyl groups is 7. The molecule has 4 rings (SSSR count). The molecule has 3 aliphatic heterocycles. The van der Waals surface area contributed by atoms with Crippen LogP contribution in [0.4, 0.5) is 4.79 Å². The molecule has 3 heterocycles. The van der Waals surface area contributed by atoms with Crippen molar-refractivity contribution in [2.45, 2.75) is 222 Å². The number of carbonyl (C=O) groups is 8. The van der Waals surface area contributed by atoms with Crippen LogP contribution in [0, 0.1) is 11.8 Å². The third-order valence-electron chi connectivity index (χ3n) is 15.9. The first-order valence-corrected chi connectivity index (χ1v) is 29.9. The molecule has 1 aromatic rings. The van der Waals surface area contributed by atoms with E-state index in [9.17, 15) is 79.2 Å². The van der Waals surface area contributed by atoms with Gasteiger partial charge in [0.05, 0.1) is 37.1 Å². The number of nitrogens with one attached hydrogen (secondary N) is 7. The number of rotatable bonds is 27. The SMILES string of the molecule is CCCCOC(=O)NCCN[C@H]1NC(=O)[C@@H]2[C@@H](O)CCN2C(=O)[C@H]([C@H](O)CCN)NC(=O)[C@H]([C@H](O)[C@@H](O)c2ccc(O)cc2)NC(=O)[C@@H]2C[C@@H](O)CN2C(=O)[C@H]([C@@H](C)O)NC(=O)[C@@H](NC(=O)CCCCCCCC[C@@H](C)C[C@@H](C)CC)C[C@H]1O. The molecule has 0 aromatic heterocycles. The van der Waals surface area contributed by atoms with Gasteiger partial charge in [-0.15, -0.1) is 0 Å². The van der Waals surface area contributed by atoms with Crippen molar-refractivity contribution in [1.29, 1.82) is 0 Å². The van der Waals surface area contributed by atoms with Crippen LogP contribution < -0.4 is 43.0 Å². The van der Waals surface area contributed by atoms with Gasteiger partial charge in [-0.3, -0.25) is 38.9 Å². The number of carbonyl (C=O) groups excluding carboxylic acids is 8. The van der Waals surface area contributed by atoms with Crippen LogP contribution in [0.5, 0.6) is 5.75 Å². The fourth-order valence-corrected chi connectivity index (χ4v) is 10.8. The summed E-state index contributed by atoms with van der Waals surface area (Å²) >= 11 is 0. The van der Waals surface area contributed by atoms with Crippen molar-refractivity contribution in [2.24, 2.45) is 17.6 Å². The Bertz CT molecular complexity index is 2270. The third kappa shape index (κ3) is 21.6. The number of nitrogens with zero attached hydrogens (tertiary/aromatic N) is 2. The van der Waals surface area contributed by atoms with Crippen LogP contribution >= 0.6 is 0 Å². The Labute approximate surface area is 491 Å². The van der Waals surface area contributed by atoms with E-state index in [0.29, 0.717) is 31.1 Å². The molecule has 27 nitrogen and oxygen atoms in total. The number of amides is 8. The Kier molecular flexibility index (Phi) is 30.0. The van der Waals surface area contributed by atoms with Crippen LogP contribution in [0.2, 0.25) is 0 Å². The summed E-state index contributed by atoms with van der Waals surface area (Å²) in [4.78, 5) is 115. The Balaban J connectivity index is 1.77. The molecule has 3 saturated heterocycles. The van der Waals surface area contributed by atoms with Crippen LogP contribution in [-0.4, -0.2) is 216 Å². The van der Waals surface area contributed by atoms with E-state index in [1.54, 1.807) is 0 Å². The van der Waals surface area contributed by atoms with E-state index in [1.165, 1.54) is 18.6 Å². The van der Waals surface area contributed by atoms with E-state index in [0.717, 1.165) is 73.8 Å². The number of nitrogens with two attached hydrogens (primary N) is 1. The minimum atomic E-state index is -2.30. The number of phenols is 1. The molecule has 0 aliphatic carbocycles. The first-order valence-electron chi connectivity index (χ1n) is 29.9. The smallest absolute Gasteiger partial charge is 0.407 e. The summed E-state index contributed by atoms with van der Waals surface area (Å²) in [6.07, 6.45) is -7.14. The van der Waals surface area contributed by atoms with Crippen LogP contribution in [0.25, 0.3) is 0 Å². The minimum absolute atomic E-state index is 0.0606. The highest BCUT2D eigenvalue weighted by Gasteiger charge is 2.49. The lowest BCUT2D eigenvalue weighted by Crippen LogP contribution is -2.65. The van der Waals surface area contributed by atoms with E-state index < -0.39 is 152 Å². The maximum Gasteiger partial charge on any atom is 0.407 e. The Hall–Kier alpha value is -5.78. The lowest BCUT2D eigenvalue weighted by Gasteiger charge is -2.35. The molecular weight excluding hydrogens is 1100 g/mol. The van der Waals surface area contributed by atoms with Gasteiger partial charge in [0.25, 0.3) is 0 Å². The number of hydrogen-bond donors (Lipinski definition) is 16. The molecule has 16 atom stereocenters. The van der Waals surface area contributed by atoms with Gasteiger partial charge in [0.1, 0.15) is 60.4 Å². The Morgan fingerprint density at radius 3 is 2.02 bits per heavy atom. The predicted molar refractivity (Wildman–Crippen MR) is 305 cm³/mol. The lowest BCUT2D eigenvalue weighted by molar-refractivity contribution is -0.148. The number of benzene rings is 1. The number of aliphatic hydroxyl groups excluding tert-OH is 7. The number of fused-ring (bicyclic) bond motifs is 2. The van der Waals surface area contributed by atoms with E-state index >= 15 is 0 Å². The highest BCUT2D eigenvalue weighted by molar-refractivity contribution is 5.98. The van der Waals surface area contributed by atoms with Crippen molar-refractivity contribution < 1.29 is 83.9 Å². The minimum Gasteiger partial charge on any atom is -0.508 e. The predicted octanol–water partition coefficient (Wildman–Crippen LogP) is -1.74. The van der Waals surface area contributed by atoms with Gasteiger partial charge in [-0.25, -0.2) is 4.79 Å². The summed E-state index contributed by atoms with van der Waals surface area (Å²) in [5.41, 5.74) is 5.71. The molecule has 3 aliphatic rings. The van der Waals surface area contributed by atoms with E-state index in [1.807, 2.05) is 6.92 Å². The fourth-order valence-electron chi connectivity index (χ4n) is 10.8. The topological polar surface area (TPSA) is 424 Å². The van der Waals surface area contributed by atoms with Crippen molar-refractivity contribution in [1.82, 2.24) is 47.0 Å². The molecule has 476 valence electrons. The van der Waals surface area contributed by atoms with Gasteiger partial charge in [-0.1, -0.05) is 91.2 Å². The van der Waals surface area contributed by atoms with Gasteiger partial charge in [0, 0.05) is 45.4 Å². The molecule has 1 aromatic carbocycles. The molecule has 84 heavy (non-hydrogen) atoms. The number of phenolic OH excluding ortho intramolecular Hbond substituents is 1. The van der Waals surface area contributed by atoms with E-state index in [4.69, 9.17) is 10.5 Å². The van der Waals surface area contributed by atoms with Crippen molar-refractivity contribution in [3.05, 3.63) is 29.8 Å². The molecule has 27 heteroatoms. The van der Waals surface area contributed by atoms with Crippen molar-refractivity contribution >= 4 is 47.4 Å². The van der Waals surface area contributed by atoms with Gasteiger partial charge in [0.15, 0.2) is 0 Å². The zero-order valence-corrected chi connectivity index (χ0v) is 49.3. The molecule has 0 unspecified atom stereocenters. The molecule has 0 saturated carbocycles. The second-order valence-electron chi connectivity index (χ2n) is 22.9. The van der Waals surface area contributed by atoms with Crippen molar-refractivity contribution in [3.63, 3.8) is 0 Å². The number of alkyl carbamates (subject to hydrolysis) is 1. The number of ether oxygens (including phenoxy) is 1. The van der Waals surface area contributed by atoms with Crippen LogP contribution in [0.15, 0.2) is 24.3 Å². The van der Waals surface area contributed by atoms with Gasteiger partial charge in [-0.2, -0.15) is 0 Å². The second-order valence-corrected chi connectivity index (χ2v) is 22.9. The average molecular weight is 1190 g/mol. The van der Waals surface area contributed by atoms with Crippen molar-refractivity contribution in [3.8, 4) is 5.75 Å². The highest BCUT2D eigenvalue weighted by atomic mass is 16.5. The zero-order valence-electron chi connectivity index (χ0n) is 49.3. The maximum atomic E-state index is 14.7.